The van der Waals surface area contributed by atoms with Crippen molar-refractivity contribution in [1.82, 2.24) is 4.98 Å². The number of nitrogens with zero attached hydrogens (tertiary/aromatic N) is 2. The Hall–Kier alpha value is -1.58. The Bertz CT molecular complexity index is 570. The van der Waals surface area contributed by atoms with Crippen LogP contribution in [0.2, 0.25) is 5.02 Å². The molecule has 1 atom stereocenters. The molecule has 0 saturated carbocycles. The van der Waals surface area contributed by atoms with Crippen molar-refractivity contribution >= 4 is 17.3 Å². The second kappa shape index (κ2) is 7.43. The smallest absolute Gasteiger partial charge is 0.0642 e. The summed E-state index contributed by atoms with van der Waals surface area (Å²) >= 11 is 6.45. The van der Waals surface area contributed by atoms with E-state index in [2.05, 4.69) is 22.9 Å². The Morgan fingerprint density at radius 1 is 1.24 bits per heavy atom. The molecule has 0 spiro atoms. The minimum absolute atomic E-state index is 0.107. The van der Waals surface area contributed by atoms with Crippen LogP contribution < -0.4 is 10.6 Å². The molecule has 0 bridgehead atoms. The Balaban J connectivity index is 2.32. The largest absolute Gasteiger partial charge is 0.364 e. The third-order valence-corrected chi connectivity index (χ3v) is 3.69. The summed E-state index contributed by atoms with van der Waals surface area (Å²) in [5.41, 5.74) is 9.26. The Kier molecular flexibility index (Phi) is 5.59. The first-order valence-electron chi connectivity index (χ1n) is 7.29. The van der Waals surface area contributed by atoms with Gasteiger partial charge in [0.15, 0.2) is 0 Å². The van der Waals surface area contributed by atoms with Gasteiger partial charge in [-0.15, -0.1) is 0 Å². The molecule has 0 aliphatic heterocycles. The van der Waals surface area contributed by atoms with E-state index in [0.717, 1.165) is 35.9 Å². The zero-order valence-corrected chi connectivity index (χ0v) is 13.3. The van der Waals surface area contributed by atoms with Gasteiger partial charge in [-0.1, -0.05) is 29.8 Å². The van der Waals surface area contributed by atoms with Crippen LogP contribution in [0.5, 0.6) is 0 Å². The van der Waals surface area contributed by atoms with Gasteiger partial charge in [0.1, 0.15) is 0 Å². The van der Waals surface area contributed by atoms with Crippen LogP contribution >= 0.6 is 11.6 Å². The minimum Gasteiger partial charge on any atom is -0.364 e. The Morgan fingerprint density at radius 2 is 2.05 bits per heavy atom. The molecule has 1 aromatic heterocycles. The molecular formula is C17H22ClN3. The first-order chi connectivity index (χ1) is 10.1. The van der Waals surface area contributed by atoms with E-state index in [1.807, 2.05) is 43.5 Å². The monoisotopic (exact) mass is 303 g/mol. The number of rotatable bonds is 6. The van der Waals surface area contributed by atoms with Gasteiger partial charge in [0, 0.05) is 18.8 Å². The molecule has 3 nitrogen and oxygen atoms in total. The normalized spacial score (nSPS) is 12.2. The second-order valence-corrected chi connectivity index (χ2v) is 5.67. The van der Waals surface area contributed by atoms with Crippen molar-refractivity contribution < 1.29 is 0 Å². The number of para-hydroxylation sites is 1. The van der Waals surface area contributed by atoms with Crippen molar-refractivity contribution in [3.8, 4) is 0 Å². The molecule has 0 fully saturated rings. The average molecular weight is 304 g/mol. The molecule has 0 saturated heterocycles. The number of pyridine rings is 1. The van der Waals surface area contributed by atoms with Crippen molar-refractivity contribution in [2.24, 2.45) is 5.73 Å². The van der Waals surface area contributed by atoms with Crippen LogP contribution in [0.25, 0.3) is 0 Å². The molecule has 0 radical (unpaired) electrons. The van der Waals surface area contributed by atoms with Crippen molar-refractivity contribution in [2.75, 3.05) is 11.4 Å². The van der Waals surface area contributed by atoms with E-state index in [4.69, 9.17) is 17.3 Å². The highest BCUT2D eigenvalue weighted by Gasteiger charge is 2.15. The van der Waals surface area contributed by atoms with Gasteiger partial charge in [0.25, 0.3) is 0 Å². The molecule has 0 aliphatic rings. The zero-order valence-electron chi connectivity index (χ0n) is 12.6. The van der Waals surface area contributed by atoms with Gasteiger partial charge in [-0.2, -0.15) is 0 Å². The molecule has 0 aliphatic carbocycles. The minimum atomic E-state index is 0.107. The summed E-state index contributed by atoms with van der Waals surface area (Å²) in [5.74, 6) is 0. The molecule has 4 heteroatoms. The fourth-order valence-corrected chi connectivity index (χ4v) is 2.78. The Labute approximate surface area is 131 Å². The topological polar surface area (TPSA) is 42.2 Å². The van der Waals surface area contributed by atoms with E-state index in [-0.39, 0.29) is 6.04 Å². The van der Waals surface area contributed by atoms with Crippen molar-refractivity contribution in [1.29, 1.82) is 0 Å². The maximum atomic E-state index is 6.45. The third-order valence-electron chi connectivity index (χ3n) is 3.39. The summed E-state index contributed by atoms with van der Waals surface area (Å²) in [4.78, 5) is 6.66. The molecule has 21 heavy (non-hydrogen) atoms. The number of aromatic nitrogens is 1. The van der Waals surface area contributed by atoms with E-state index in [0.29, 0.717) is 0 Å². The van der Waals surface area contributed by atoms with Gasteiger partial charge in [0.2, 0.25) is 0 Å². The number of nitrogens with two attached hydrogens (primary N) is 1. The molecule has 1 aromatic carbocycles. The van der Waals surface area contributed by atoms with Gasteiger partial charge >= 0.3 is 0 Å². The lowest BCUT2D eigenvalue weighted by Gasteiger charge is -2.27. The number of benzene rings is 1. The van der Waals surface area contributed by atoms with Gasteiger partial charge in [0.05, 0.1) is 22.9 Å². The Morgan fingerprint density at radius 3 is 2.67 bits per heavy atom. The van der Waals surface area contributed by atoms with Crippen LogP contribution in [0.15, 0.2) is 42.6 Å². The van der Waals surface area contributed by atoms with Crippen LogP contribution in [0, 0.1) is 0 Å². The molecule has 1 unspecified atom stereocenters. The van der Waals surface area contributed by atoms with Gasteiger partial charge < -0.3 is 10.6 Å². The molecule has 2 aromatic rings. The summed E-state index contributed by atoms with van der Waals surface area (Å²) in [7, 11) is 0. The molecule has 2 N–H and O–H groups in total. The first kappa shape index (κ1) is 15.8. The standard InChI is InChI=1S/C17H22ClN3/c1-3-21(12-15-8-4-5-10-20-15)17-14(11-13(2)19)7-6-9-16(17)18/h4-10,13H,3,11-12,19H2,1-2H3. The highest BCUT2D eigenvalue weighted by molar-refractivity contribution is 6.33. The lowest BCUT2D eigenvalue weighted by molar-refractivity contribution is 0.727. The first-order valence-corrected chi connectivity index (χ1v) is 7.67. The molecule has 0 amide bonds. The lowest BCUT2D eigenvalue weighted by atomic mass is 10.0. The van der Waals surface area contributed by atoms with E-state index < -0.39 is 0 Å². The average Bonchev–Trinajstić information content (AvgIpc) is 2.46. The maximum absolute atomic E-state index is 6.45. The van der Waals surface area contributed by atoms with Gasteiger partial charge in [-0.05, 0) is 44.0 Å². The highest BCUT2D eigenvalue weighted by atomic mass is 35.5. The number of hydrogen-bond acceptors (Lipinski definition) is 3. The SMILES string of the molecule is CCN(Cc1ccccn1)c1c(Cl)cccc1CC(C)N. The summed E-state index contributed by atoms with van der Waals surface area (Å²) in [5, 5.41) is 0.769. The summed E-state index contributed by atoms with van der Waals surface area (Å²) < 4.78 is 0. The van der Waals surface area contributed by atoms with Crippen molar-refractivity contribution in [3.05, 3.63) is 58.9 Å². The second-order valence-electron chi connectivity index (χ2n) is 5.26. The molecule has 2 rings (SSSR count). The van der Waals surface area contributed by atoms with Gasteiger partial charge in [-0.25, -0.2) is 0 Å². The van der Waals surface area contributed by atoms with Crippen LogP contribution in [-0.4, -0.2) is 17.6 Å². The summed E-state index contributed by atoms with van der Waals surface area (Å²) in [6, 6.07) is 12.1. The van der Waals surface area contributed by atoms with E-state index in [1.165, 1.54) is 5.56 Å². The fraction of sp³-hybridized carbons (Fsp3) is 0.353. The van der Waals surface area contributed by atoms with Gasteiger partial charge in [-0.3, -0.25) is 4.98 Å². The maximum Gasteiger partial charge on any atom is 0.0642 e. The molecule has 112 valence electrons. The van der Waals surface area contributed by atoms with Crippen LogP contribution in [0.1, 0.15) is 25.1 Å². The fourth-order valence-electron chi connectivity index (χ4n) is 2.46. The quantitative estimate of drug-likeness (QED) is 0.885. The number of hydrogen-bond donors (Lipinski definition) is 1. The number of halogens is 1. The van der Waals surface area contributed by atoms with Crippen LogP contribution in [-0.2, 0) is 13.0 Å². The highest BCUT2D eigenvalue weighted by Crippen LogP contribution is 2.31. The zero-order chi connectivity index (χ0) is 15.2. The predicted octanol–water partition coefficient (Wildman–Crippen LogP) is 3.65. The summed E-state index contributed by atoms with van der Waals surface area (Å²) in [6.07, 6.45) is 2.63. The van der Waals surface area contributed by atoms with E-state index in [9.17, 15) is 0 Å². The summed E-state index contributed by atoms with van der Waals surface area (Å²) in [6.45, 7) is 5.75. The number of anilines is 1. The predicted molar refractivity (Wildman–Crippen MR) is 89.8 cm³/mol. The van der Waals surface area contributed by atoms with Crippen molar-refractivity contribution in [2.45, 2.75) is 32.9 Å². The van der Waals surface area contributed by atoms with Crippen molar-refractivity contribution in [3.63, 3.8) is 0 Å². The third kappa shape index (κ3) is 4.19. The van der Waals surface area contributed by atoms with Crippen LogP contribution in [0.3, 0.4) is 0 Å². The van der Waals surface area contributed by atoms with Crippen LogP contribution in [0.4, 0.5) is 5.69 Å². The molecular weight excluding hydrogens is 282 g/mol. The molecule has 1 heterocycles. The van der Waals surface area contributed by atoms with E-state index >= 15 is 0 Å². The lowest BCUT2D eigenvalue weighted by Crippen LogP contribution is -2.26. The van der Waals surface area contributed by atoms with E-state index in [1.54, 1.807) is 0 Å².